The summed E-state index contributed by atoms with van der Waals surface area (Å²) in [5.74, 6) is -1.64. The van der Waals surface area contributed by atoms with Crippen LogP contribution in [0, 0.1) is 0 Å². The number of fused-ring (bicyclic) bond motifs is 1. The lowest BCUT2D eigenvalue weighted by atomic mass is 9.99. The standard InChI is InChI=1S/C23H29ClN2O6/c1-4-26(5-2)23(30)32-25-16-12-10-8-6-7-9-11-15(3)31-22(29)20-17(13-16)21(24)19(28)14-18(20)27/h7,9-10,12,14-15,27-28H,4-6,8,11,13H2,1-3H3/b9-7+,12-10+,25-16-/t15-/m1/s1. The largest absolute Gasteiger partial charge is 0.507 e. The van der Waals surface area contributed by atoms with Crippen LogP contribution in [0.3, 0.4) is 0 Å². The molecule has 0 saturated carbocycles. The van der Waals surface area contributed by atoms with E-state index in [1.807, 2.05) is 32.1 Å². The molecule has 0 radical (unpaired) electrons. The van der Waals surface area contributed by atoms with Gasteiger partial charge in [-0.2, -0.15) is 0 Å². The number of nitrogens with zero attached hydrogens (tertiary/aromatic N) is 2. The van der Waals surface area contributed by atoms with Gasteiger partial charge in [0.2, 0.25) is 0 Å². The zero-order valence-electron chi connectivity index (χ0n) is 18.5. The predicted octanol–water partition coefficient (Wildman–Crippen LogP) is 4.97. The summed E-state index contributed by atoms with van der Waals surface area (Å²) in [4.78, 5) is 31.6. The maximum Gasteiger partial charge on any atom is 0.435 e. The number of aromatic hydroxyl groups is 2. The third-order valence-electron chi connectivity index (χ3n) is 4.90. The monoisotopic (exact) mass is 464 g/mol. The Labute approximate surface area is 192 Å². The van der Waals surface area contributed by atoms with Crippen LogP contribution in [0.4, 0.5) is 4.79 Å². The number of allylic oxidation sites excluding steroid dienone is 3. The molecule has 32 heavy (non-hydrogen) atoms. The van der Waals surface area contributed by atoms with Gasteiger partial charge in [0.1, 0.15) is 23.2 Å². The number of hydrogen-bond donors (Lipinski definition) is 2. The molecule has 1 heterocycles. The van der Waals surface area contributed by atoms with Crippen LogP contribution in [-0.2, 0) is 16.0 Å². The Morgan fingerprint density at radius 3 is 2.59 bits per heavy atom. The second-order valence-corrected chi connectivity index (χ2v) is 7.65. The Balaban J connectivity index is 2.51. The number of phenolic OH excluding ortho intramolecular Hbond substituents is 2. The minimum Gasteiger partial charge on any atom is -0.507 e. The molecule has 1 atom stereocenters. The molecule has 8 nitrogen and oxygen atoms in total. The van der Waals surface area contributed by atoms with Crippen molar-refractivity contribution in [3.05, 3.63) is 46.5 Å². The van der Waals surface area contributed by atoms with Crippen molar-refractivity contribution in [3.8, 4) is 11.5 Å². The highest BCUT2D eigenvalue weighted by Gasteiger charge is 2.25. The number of hydrogen-bond acceptors (Lipinski definition) is 7. The molecule has 0 saturated heterocycles. The Bertz CT molecular complexity index is 922. The number of ether oxygens (including phenoxy) is 1. The summed E-state index contributed by atoms with van der Waals surface area (Å²) in [5.41, 5.74) is 0.230. The van der Waals surface area contributed by atoms with E-state index in [0.29, 0.717) is 25.9 Å². The van der Waals surface area contributed by atoms with Crippen molar-refractivity contribution in [1.82, 2.24) is 4.90 Å². The summed E-state index contributed by atoms with van der Waals surface area (Å²) >= 11 is 6.28. The second-order valence-electron chi connectivity index (χ2n) is 7.27. The van der Waals surface area contributed by atoms with Crippen LogP contribution in [0.5, 0.6) is 11.5 Å². The van der Waals surface area contributed by atoms with E-state index in [-0.39, 0.29) is 28.3 Å². The van der Waals surface area contributed by atoms with E-state index in [9.17, 15) is 19.8 Å². The third kappa shape index (κ3) is 6.75. The molecule has 1 aromatic carbocycles. The number of cyclic esters (lactones) is 1. The molecule has 0 aliphatic carbocycles. The van der Waals surface area contributed by atoms with Gasteiger partial charge in [-0.3, -0.25) is 4.84 Å². The highest BCUT2D eigenvalue weighted by atomic mass is 35.5. The SMILES string of the molecule is CCN(CC)C(=O)O/N=C1/C=C/CC/C=C/C[C@@H](C)OC(=O)c2c(O)cc(O)c(Cl)c2C1. The summed E-state index contributed by atoms with van der Waals surface area (Å²) in [6.45, 7) is 6.31. The Morgan fingerprint density at radius 1 is 1.22 bits per heavy atom. The molecule has 1 aliphatic heterocycles. The van der Waals surface area contributed by atoms with Gasteiger partial charge in [-0.15, -0.1) is 0 Å². The smallest absolute Gasteiger partial charge is 0.435 e. The lowest BCUT2D eigenvalue weighted by molar-refractivity contribution is 0.0343. The van der Waals surface area contributed by atoms with E-state index >= 15 is 0 Å². The number of carbonyl (C=O) groups excluding carboxylic acids is 2. The van der Waals surface area contributed by atoms with Crippen molar-refractivity contribution < 1.29 is 29.4 Å². The molecule has 0 spiro atoms. The summed E-state index contributed by atoms with van der Waals surface area (Å²) in [7, 11) is 0. The van der Waals surface area contributed by atoms with Crippen LogP contribution in [0.1, 0.15) is 56.0 Å². The topological polar surface area (TPSA) is 109 Å². The van der Waals surface area contributed by atoms with E-state index < -0.39 is 29.7 Å². The number of amides is 1. The van der Waals surface area contributed by atoms with Crippen molar-refractivity contribution in [1.29, 1.82) is 0 Å². The van der Waals surface area contributed by atoms with Crippen molar-refractivity contribution in [2.24, 2.45) is 5.16 Å². The number of carbonyl (C=O) groups is 2. The molecule has 1 amide bonds. The quantitative estimate of drug-likeness (QED) is 0.283. The Kier molecular flexibility index (Phi) is 9.59. The molecule has 0 unspecified atom stereocenters. The van der Waals surface area contributed by atoms with Crippen LogP contribution in [0.25, 0.3) is 0 Å². The fourth-order valence-electron chi connectivity index (χ4n) is 3.12. The van der Waals surface area contributed by atoms with E-state index in [1.165, 1.54) is 4.90 Å². The summed E-state index contributed by atoms with van der Waals surface area (Å²) in [5, 5.41) is 24.3. The van der Waals surface area contributed by atoms with Crippen molar-refractivity contribution in [2.75, 3.05) is 13.1 Å². The minimum atomic E-state index is -0.777. The zero-order valence-corrected chi connectivity index (χ0v) is 19.3. The average molecular weight is 465 g/mol. The molecule has 0 fully saturated rings. The Hall–Kier alpha value is -3.00. The maximum absolute atomic E-state index is 12.8. The fraction of sp³-hybridized carbons (Fsp3) is 0.435. The molecule has 1 aliphatic rings. The minimum absolute atomic E-state index is 0.0858. The van der Waals surface area contributed by atoms with Gasteiger partial charge < -0.3 is 19.8 Å². The van der Waals surface area contributed by atoms with Gasteiger partial charge in [-0.25, -0.2) is 9.59 Å². The van der Waals surface area contributed by atoms with Crippen molar-refractivity contribution >= 4 is 29.4 Å². The van der Waals surface area contributed by atoms with E-state index in [4.69, 9.17) is 21.2 Å². The van der Waals surface area contributed by atoms with Crippen LogP contribution in [-0.4, -0.2) is 52.1 Å². The molecular formula is C23H29ClN2O6. The summed E-state index contributed by atoms with van der Waals surface area (Å²) in [6.07, 6.45) is 8.28. The molecule has 1 aromatic rings. The van der Waals surface area contributed by atoms with Gasteiger partial charge in [0.25, 0.3) is 0 Å². The molecule has 2 N–H and O–H groups in total. The zero-order chi connectivity index (χ0) is 23.7. The first kappa shape index (κ1) is 25.3. The molecule has 0 bridgehead atoms. The first-order valence-corrected chi connectivity index (χ1v) is 10.9. The van der Waals surface area contributed by atoms with Gasteiger partial charge in [-0.05, 0) is 45.3 Å². The van der Waals surface area contributed by atoms with Gasteiger partial charge in [-0.1, -0.05) is 35.0 Å². The predicted molar refractivity (Wildman–Crippen MR) is 122 cm³/mol. The molecule has 2 rings (SSSR count). The van der Waals surface area contributed by atoms with E-state index in [2.05, 4.69) is 5.16 Å². The van der Waals surface area contributed by atoms with Gasteiger partial charge in [0.05, 0.1) is 10.7 Å². The Morgan fingerprint density at radius 2 is 1.91 bits per heavy atom. The van der Waals surface area contributed by atoms with Gasteiger partial charge in [0, 0.05) is 32.0 Å². The second kappa shape index (κ2) is 12.1. The van der Waals surface area contributed by atoms with Crippen LogP contribution in [0.2, 0.25) is 5.02 Å². The van der Waals surface area contributed by atoms with Crippen LogP contribution >= 0.6 is 11.6 Å². The first-order valence-electron chi connectivity index (χ1n) is 10.6. The maximum atomic E-state index is 12.8. The van der Waals surface area contributed by atoms with E-state index in [0.717, 1.165) is 12.5 Å². The van der Waals surface area contributed by atoms with Gasteiger partial charge in [0.15, 0.2) is 0 Å². The first-order chi connectivity index (χ1) is 15.3. The number of esters is 1. The number of benzene rings is 1. The molecule has 174 valence electrons. The third-order valence-corrected chi connectivity index (χ3v) is 5.32. The molecule has 9 heteroatoms. The lowest BCUT2D eigenvalue weighted by Gasteiger charge is -2.17. The number of oxime groups is 1. The van der Waals surface area contributed by atoms with Crippen molar-refractivity contribution in [2.45, 2.75) is 52.6 Å². The molecule has 0 aromatic heterocycles. The highest BCUT2D eigenvalue weighted by molar-refractivity contribution is 6.33. The van der Waals surface area contributed by atoms with Crippen LogP contribution in [0.15, 0.2) is 35.5 Å². The number of rotatable bonds is 3. The van der Waals surface area contributed by atoms with Crippen LogP contribution < -0.4 is 0 Å². The summed E-state index contributed by atoms with van der Waals surface area (Å²) in [6, 6.07) is 0.989. The van der Waals surface area contributed by atoms with Gasteiger partial charge >= 0.3 is 12.1 Å². The normalized spacial score (nSPS) is 20.6. The summed E-state index contributed by atoms with van der Waals surface area (Å²) < 4.78 is 5.45. The molecular weight excluding hydrogens is 436 g/mol. The van der Waals surface area contributed by atoms with E-state index in [1.54, 1.807) is 13.0 Å². The van der Waals surface area contributed by atoms with Crippen molar-refractivity contribution in [3.63, 3.8) is 0 Å². The lowest BCUT2D eigenvalue weighted by Crippen LogP contribution is -2.30. The average Bonchev–Trinajstić information content (AvgIpc) is 2.74. The number of halogens is 1. The highest BCUT2D eigenvalue weighted by Crippen LogP contribution is 2.37. The fourth-order valence-corrected chi connectivity index (χ4v) is 3.34. The number of phenols is 2.